The average Bonchev–Trinajstić information content (AvgIpc) is 2.75. The van der Waals surface area contributed by atoms with Crippen LogP contribution < -0.4 is 10.6 Å². The van der Waals surface area contributed by atoms with Crippen molar-refractivity contribution in [2.45, 2.75) is 63.7 Å². The number of nitrogens with one attached hydrogen (secondary N) is 2. The molecule has 0 spiro atoms. The second-order valence-corrected chi connectivity index (χ2v) is 7.87. The smallest absolute Gasteiger partial charge is 0.326 e. The number of halogens is 6. The standard InChI is InChI=1S/C24H26F6N2O2/c25-23(26,27)17-9-7-11-19(15-17)31-21(33)13-5-3-1-2-4-6-14-22(34)32-20-12-8-10-18(16-20)24(28,29)30/h7-12,15-16H,1-6,13-14H2,(H,31,33)(H,32,34). The van der Waals surface area contributed by atoms with Gasteiger partial charge in [-0.05, 0) is 49.2 Å². The summed E-state index contributed by atoms with van der Waals surface area (Å²) in [6, 6.07) is 8.92. The first-order valence-electron chi connectivity index (χ1n) is 10.9. The molecule has 2 N–H and O–H groups in total. The lowest BCUT2D eigenvalue weighted by molar-refractivity contribution is -0.138. The molecule has 0 aromatic heterocycles. The van der Waals surface area contributed by atoms with Crippen molar-refractivity contribution in [3.63, 3.8) is 0 Å². The molecule has 0 bridgehead atoms. The van der Waals surface area contributed by atoms with E-state index in [2.05, 4.69) is 10.6 Å². The monoisotopic (exact) mass is 488 g/mol. The largest absolute Gasteiger partial charge is 0.416 e. The molecule has 2 aromatic carbocycles. The summed E-state index contributed by atoms with van der Waals surface area (Å²) in [7, 11) is 0. The Morgan fingerprint density at radius 2 is 0.941 bits per heavy atom. The fourth-order valence-corrected chi connectivity index (χ4v) is 3.27. The number of hydrogen-bond donors (Lipinski definition) is 2. The van der Waals surface area contributed by atoms with Crippen LogP contribution in [-0.4, -0.2) is 11.8 Å². The summed E-state index contributed by atoms with van der Waals surface area (Å²) in [5.74, 6) is -0.712. The minimum absolute atomic E-state index is 0.100. The summed E-state index contributed by atoms with van der Waals surface area (Å²) in [4.78, 5) is 23.8. The van der Waals surface area contributed by atoms with Gasteiger partial charge in [0.25, 0.3) is 0 Å². The molecule has 0 heterocycles. The highest BCUT2D eigenvalue weighted by Crippen LogP contribution is 2.31. The Balaban J connectivity index is 1.56. The molecular formula is C24H26F6N2O2. The van der Waals surface area contributed by atoms with Crippen molar-refractivity contribution < 1.29 is 35.9 Å². The van der Waals surface area contributed by atoms with Gasteiger partial charge in [0, 0.05) is 24.2 Å². The van der Waals surface area contributed by atoms with Crippen LogP contribution in [0.3, 0.4) is 0 Å². The lowest BCUT2D eigenvalue weighted by Gasteiger charge is -2.10. The van der Waals surface area contributed by atoms with Gasteiger partial charge < -0.3 is 10.6 Å². The average molecular weight is 488 g/mol. The van der Waals surface area contributed by atoms with Gasteiger partial charge in [0.1, 0.15) is 0 Å². The van der Waals surface area contributed by atoms with Crippen LogP contribution in [0.1, 0.15) is 62.5 Å². The maximum Gasteiger partial charge on any atom is 0.416 e. The van der Waals surface area contributed by atoms with E-state index < -0.39 is 23.5 Å². The number of anilines is 2. The topological polar surface area (TPSA) is 58.2 Å². The molecular weight excluding hydrogens is 462 g/mol. The maximum absolute atomic E-state index is 12.7. The molecule has 34 heavy (non-hydrogen) atoms. The Labute approximate surface area is 193 Å². The number of rotatable bonds is 11. The van der Waals surface area contributed by atoms with E-state index in [9.17, 15) is 35.9 Å². The summed E-state index contributed by atoms with van der Waals surface area (Å²) >= 11 is 0. The first kappa shape index (κ1) is 27.2. The maximum atomic E-state index is 12.7. The first-order chi connectivity index (χ1) is 15.9. The van der Waals surface area contributed by atoms with Crippen LogP contribution in [0, 0.1) is 0 Å². The van der Waals surface area contributed by atoms with Crippen molar-refractivity contribution in [2.24, 2.45) is 0 Å². The molecule has 0 aliphatic rings. The van der Waals surface area contributed by atoms with Gasteiger partial charge in [0.2, 0.25) is 11.8 Å². The van der Waals surface area contributed by atoms with Gasteiger partial charge in [0.05, 0.1) is 11.1 Å². The van der Waals surface area contributed by atoms with Gasteiger partial charge in [-0.25, -0.2) is 0 Å². The molecule has 0 unspecified atom stereocenters. The minimum atomic E-state index is -4.47. The third kappa shape index (κ3) is 9.84. The van der Waals surface area contributed by atoms with Gasteiger partial charge >= 0.3 is 12.4 Å². The van der Waals surface area contributed by atoms with Crippen LogP contribution in [0.25, 0.3) is 0 Å². The van der Waals surface area contributed by atoms with Crippen LogP contribution in [0.4, 0.5) is 37.7 Å². The lowest BCUT2D eigenvalue weighted by atomic mass is 10.1. The number of unbranched alkanes of at least 4 members (excludes halogenated alkanes) is 5. The zero-order chi connectivity index (χ0) is 25.2. The zero-order valence-electron chi connectivity index (χ0n) is 18.4. The molecule has 0 atom stereocenters. The molecule has 2 rings (SSSR count). The minimum Gasteiger partial charge on any atom is -0.326 e. The lowest BCUT2D eigenvalue weighted by Crippen LogP contribution is -2.12. The van der Waals surface area contributed by atoms with Gasteiger partial charge in [-0.2, -0.15) is 26.3 Å². The molecule has 0 saturated carbocycles. The van der Waals surface area contributed by atoms with E-state index >= 15 is 0 Å². The van der Waals surface area contributed by atoms with Gasteiger partial charge in [-0.15, -0.1) is 0 Å². The van der Waals surface area contributed by atoms with Crippen molar-refractivity contribution in [1.29, 1.82) is 0 Å². The molecule has 0 saturated heterocycles. The summed E-state index contributed by atoms with van der Waals surface area (Å²) in [6.07, 6.45) is -4.23. The third-order valence-electron chi connectivity index (χ3n) is 5.00. The Hall–Kier alpha value is -3.04. The molecule has 186 valence electrons. The van der Waals surface area contributed by atoms with Crippen LogP contribution in [0.5, 0.6) is 0 Å². The number of benzene rings is 2. The molecule has 2 aromatic rings. The number of alkyl halides is 6. The van der Waals surface area contributed by atoms with Gasteiger partial charge in [-0.1, -0.05) is 37.8 Å². The molecule has 2 amide bonds. The van der Waals surface area contributed by atoms with Crippen molar-refractivity contribution >= 4 is 23.2 Å². The van der Waals surface area contributed by atoms with E-state index in [-0.39, 0.29) is 36.0 Å². The van der Waals surface area contributed by atoms with E-state index in [1.807, 2.05) is 0 Å². The van der Waals surface area contributed by atoms with E-state index in [0.717, 1.165) is 49.9 Å². The van der Waals surface area contributed by atoms with Gasteiger partial charge in [0.15, 0.2) is 0 Å². The highest BCUT2D eigenvalue weighted by atomic mass is 19.4. The number of carbonyl (C=O) groups excluding carboxylic acids is 2. The molecule has 10 heteroatoms. The molecule has 0 aliphatic heterocycles. The highest BCUT2D eigenvalue weighted by Gasteiger charge is 2.31. The Morgan fingerprint density at radius 3 is 1.29 bits per heavy atom. The first-order valence-corrected chi connectivity index (χ1v) is 10.9. The summed E-state index contributed by atoms with van der Waals surface area (Å²) < 4.78 is 76.2. The molecule has 0 fully saturated rings. The quantitative estimate of drug-likeness (QED) is 0.255. The fraction of sp³-hybridized carbons (Fsp3) is 0.417. The summed E-state index contributed by atoms with van der Waals surface area (Å²) in [5.41, 5.74) is -1.45. The SMILES string of the molecule is O=C(CCCCCCCCC(=O)Nc1cccc(C(F)(F)F)c1)Nc1cccc(C(F)(F)F)c1. The highest BCUT2D eigenvalue weighted by molar-refractivity contribution is 5.91. The number of hydrogen-bond acceptors (Lipinski definition) is 2. The second kappa shape index (κ2) is 12.4. The van der Waals surface area contributed by atoms with Crippen LogP contribution in [-0.2, 0) is 21.9 Å². The fourth-order valence-electron chi connectivity index (χ4n) is 3.27. The zero-order valence-corrected chi connectivity index (χ0v) is 18.4. The summed E-state index contributed by atoms with van der Waals surface area (Å²) in [6.45, 7) is 0. The van der Waals surface area contributed by atoms with Gasteiger partial charge in [-0.3, -0.25) is 9.59 Å². The molecule has 4 nitrogen and oxygen atoms in total. The summed E-state index contributed by atoms with van der Waals surface area (Å²) in [5, 5.41) is 4.93. The Morgan fingerprint density at radius 1 is 0.588 bits per heavy atom. The van der Waals surface area contributed by atoms with Crippen LogP contribution >= 0.6 is 0 Å². The Kier molecular flexibility index (Phi) is 9.95. The van der Waals surface area contributed by atoms with Crippen LogP contribution in [0.15, 0.2) is 48.5 Å². The normalized spacial score (nSPS) is 11.8. The van der Waals surface area contributed by atoms with E-state index in [1.165, 1.54) is 24.3 Å². The van der Waals surface area contributed by atoms with E-state index in [4.69, 9.17) is 0 Å². The van der Waals surface area contributed by atoms with Crippen molar-refractivity contribution in [3.05, 3.63) is 59.7 Å². The molecule has 0 aliphatic carbocycles. The predicted molar refractivity (Wildman–Crippen MR) is 117 cm³/mol. The van der Waals surface area contributed by atoms with Crippen LogP contribution in [0.2, 0.25) is 0 Å². The van der Waals surface area contributed by atoms with E-state index in [0.29, 0.717) is 12.8 Å². The second-order valence-electron chi connectivity index (χ2n) is 7.87. The Bertz CT molecular complexity index is 879. The predicted octanol–water partition coefficient (Wildman–Crippen LogP) is 7.42. The molecule has 0 radical (unpaired) electrons. The van der Waals surface area contributed by atoms with Crippen molar-refractivity contribution in [3.8, 4) is 0 Å². The van der Waals surface area contributed by atoms with Crippen molar-refractivity contribution in [1.82, 2.24) is 0 Å². The number of carbonyl (C=O) groups is 2. The van der Waals surface area contributed by atoms with E-state index in [1.54, 1.807) is 0 Å². The third-order valence-corrected chi connectivity index (χ3v) is 5.00. The number of amides is 2. The van der Waals surface area contributed by atoms with Crippen molar-refractivity contribution in [2.75, 3.05) is 10.6 Å².